The molecule has 1 saturated heterocycles. The molecule has 11 heteroatoms. The molecule has 0 radical (unpaired) electrons. The molecule has 1 saturated carbocycles. The van der Waals surface area contributed by atoms with E-state index in [-0.39, 0.29) is 27.8 Å². The van der Waals surface area contributed by atoms with Crippen LogP contribution in [0.3, 0.4) is 0 Å². The number of imidazole rings is 1. The first-order chi connectivity index (χ1) is 18.3. The van der Waals surface area contributed by atoms with Gasteiger partial charge in [0.15, 0.2) is 0 Å². The number of alkyl halides is 2. The minimum absolute atomic E-state index is 0.0154. The first-order valence-corrected chi connectivity index (χ1v) is 13.7. The summed E-state index contributed by atoms with van der Waals surface area (Å²) >= 11 is 0.767. The van der Waals surface area contributed by atoms with Gasteiger partial charge in [-0.05, 0) is 68.0 Å². The topological polar surface area (TPSA) is 99.5 Å². The summed E-state index contributed by atoms with van der Waals surface area (Å²) in [7, 11) is 0. The summed E-state index contributed by atoms with van der Waals surface area (Å²) in [5.41, 5.74) is 2.61. The number of hydrogen-bond acceptors (Lipinski definition) is 6. The summed E-state index contributed by atoms with van der Waals surface area (Å²) in [4.78, 5) is 31.8. The predicted octanol–water partition coefficient (Wildman–Crippen LogP) is 4.64. The molecule has 3 aromatic rings. The van der Waals surface area contributed by atoms with Gasteiger partial charge in [0.25, 0.3) is 12.3 Å². The van der Waals surface area contributed by atoms with Gasteiger partial charge in [0.2, 0.25) is 11.9 Å². The second-order valence-corrected chi connectivity index (χ2v) is 11.0. The van der Waals surface area contributed by atoms with E-state index in [1.54, 1.807) is 4.90 Å². The van der Waals surface area contributed by atoms with Gasteiger partial charge in [0.1, 0.15) is 0 Å². The third-order valence-corrected chi connectivity index (χ3v) is 8.39. The molecule has 38 heavy (non-hydrogen) atoms. The molecular formula is C27H31F2N5O3S. The van der Waals surface area contributed by atoms with Crippen molar-refractivity contribution in [2.45, 2.75) is 63.3 Å². The maximum absolute atomic E-state index is 13.1. The van der Waals surface area contributed by atoms with Crippen LogP contribution in [0, 0.1) is 0 Å². The molecule has 0 unspecified atom stereocenters. The van der Waals surface area contributed by atoms with E-state index in [1.165, 1.54) is 18.2 Å². The summed E-state index contributed by atoms with van der Waals surface area (Å²) in [5, 5.41) is 15.8. The lowest BCUT2D eigenvalue weighted by atomic mass is 9.89. The zero-order valence-electron chi connectivity index (χ0n) is 20.9. The maximum atomic E-state index is 13.1. The highest BCUT2D eigenvalue weighted by molar-refractivity contribution is 7.14. The average Bonchev–Trinajstić information content (AvgIpc) is 3.44. The fourth-order valence-electron chi connectivity index (χ4n) is 5.17. The van der Waals surface area contributed by atoms with Crippen molar-refractivity contribution in [1.29, 1.82) is 0 Å². The molecule has 3 N–H and O–H groups in total. The van der Waals surface area contributed by atoms with Crippen LogP contribution < -0.4 is 10.6 Å². The fraction of sp³-hybridized carbons (Fsp3) is 0.444. The van der Waals surface area contributed by atoms with Gasteiger partial charge < -0.3 is 19.9 Å². The number of thiophene rings is 1. The van der Waals surface area contributed by atoms with E-state index in [4.69, 9.17) is 4.98 Å². The third-order valence-electron chi connectivity index (χ3n) is 7.30. The number of aromatic nitrogens is 2. The molecular weight excluding hydrogens is 512 g/mol. The van der Waals surface area contributed by atoms with Gasteiger partial charge in [-0.1, -0.05) is 12.6 Å². The Kier molecular flexibility index (Phi) is 7.87. The summed E-state index contributed by atoms with van der Waals surface area (Å²) < 4.78 is 28.2. The number of carbonyl (C=O) groups is 2. The Balaban J connectivity index is 1.43. The number of likely N-dealkylation sites (tertiary alicyclic amines) is 1. The van der Waals surface area contributed by atoms with Crippen molar-refractivity contribution >= 4 is 40.1 Å². The molecule has 8 nitrogen and oxygen atoms in total. The van der Waals surface area contributed by atoms with E-state index in [0.717, 1.165) is 53.6 Å². The Hall–Kier alpha value is -3.15. The fourth-order valence-corrected chi connectivity index (χ4v) is 5.93. The summed E-state index contributed by atoms with van der Waals surface area (Å²) in [6, 6.07) is 8.94. The van der Waals surface area contributed by atoms with Gasteiger partial charge in [0.05, 0.1) is 26.9 Å². The quantitative estimate of drug-likeness (QED) is 0.360. The molecule has 1 aliphatic carbocycles. The lowest BCUT2D eigenvalue weighted by Gasteiger charge is -2.32. The van der Waals surface area contributed by atoms with E-state index in [9.17, 15) is 23.5 Å². The molecule has 2 fully saturated rings. The van der Waals surface area contributed by atoms with E-state index in [2.05, 4.69) is 17.2 Å². The lowest BCUT2D eigenvalue weighted by Crippen LogP contribution is -2.43. The largest absolute Gasteiger partial charge is 0.393 e. The SMILES string of the molecule is C=CC(=O)N1CCC[C@@H](n2c(NC(=O)c3ccc(C(F)F)s3)nc3cc(CNC4CC(O)C4)ccc32)CC1. The number of nitrogens with zero attached hydrogens (tertiary/aromatic N) is 3. The van der Waals surface area contributed by atoms with E-state index < -0.39 is 12.3 Å². The van der Waals surface area contributed by atoms with Crippen LogP contribution in [0.25, 0.3) is 11.0 Å². The number of aliphatic hydroxyl groups is 1. The first-order valence-electron chi connectivity index (χ1n) is 12.8. The van der Waals surface area contributed by atoms with Crippen LogP contribution in [-0.2, 0) is 11.3 Å². The van der Waals surface area contributed by atoms with Crippen LogP contribution >= 0.6 is 11.3 Å². The molecule has 2 aliphatic rings. The predicted molar refractivity (Wildman–Crippen MR) is 142 cm³/mol. The Morgan fingerprint density at radius 2 is 2.03 bits per heavy atom. The lowest BCUT2D eigenvalue weighted by molar-refractivity contribution is -0.125. The second-order valence-electron chi connectivity index (χ2n) is 9.90. The van der Waals surface area contributed by atoms with Crippen LogP contribution in [0.4, 0.5) is 14.7 Å². The molecule has 0 bridgehead atoms. The normalized spacial score (nSPS) is 21.8. The Bertz CT molecular complexity index is 1330. The van der Waals surface area contributed by atoms with Crippen molar-refractivity contribution in [2.75, 3.05) is 18.4 Å². The van der Waals surface area contributed by atoms with Crippen molar-refractivity contribution in [2.24, 2.45) is 0 Å². The van der Waals surface area contributed by atoms with E-state index in [1.807, 2.05) is 22.8 Å². The third kappa shape index (κ3) is 5.64. The Labute approximate surface area is 223 Å². The van der Waals surface area contributed by atoms with Gasteiger partial charge in [-0.15, -0.1) is 11.3 Å². The molecule has 2 amide bonds. The minimum Gasteiger partial charge on any atom is -0.393 e. The number of carbonyl (C=O) groups excluding carboxylic acids is 2. The Morgan fingerprint density at radius 1 is 1.21 bits per heavy atom. The summed E-state index contributed by atoms with van der Waals surface area (Å²) in [6.07, 6.45) is 2.21. The van der Waals surface area contributed by atoms with Crippen molar-refractivity contribution in [3.63, 3.8) is 0 Å². The number of rotatable bonds is 8. The molecule has 1 aliphatic heterocycles. The van der Waals surface area contributed by atoms with Crippen LogP contribution in [-0.4, -0.2) is 56.6 Å². The van der Waals surface area contributed by atoms with Crippen LogP contribution in [0.2, 0.25) is 0 Å². The van der Waals surface area contributed by atoms with Gasteiger partial charge in [-0.3, -0.25) is 14.9 Å². The number of benzene rings is 1. The van der Waals surface area contributed by atoms with Gasteiger partial charge >= 0.3 is 0 Å². The molecule has 0 spiro atoms. The minimum atomic E-state index is -2.63. The molecule has 1 atom stereocenters. The van der Waals surface area contributed by atoms with Gasteiger partial charge in [-0.25, -0.2) is 13.8 Å². The first kappa shape index (κ1) is 26.5. The highest BCUT2D eigenvalue weighted by atomic mass is 32.1. The molecule has 2 aromatic heterocycles. The number of fused-ring (bicyclic) bond motifs is 1. The van der Waals surface area contributed by atoms with Crippen LogP contribution in [0.5, 0.6) is 0 Å². The highest BCUT2D eigenvalue weighted by Crippen LogP contribution is 2.33. The van der Waals surface area contributed by atoms with Gasteiger partial charge in [0, 0.05) is 31.7 Å². The average molecular weight is 544 g/mol. The van der Waals surface area contributed by atoms with E-state index in [0.29, 0.717) is 38.0 Å². The highest BCUT2D eigenvalue weighted by Gasteiger charge is 2.28. The molecule has 3 heterocycles. The maximum Gasteiger partial charge on any atom is 0.272 e. The van der Waals surface area contributed by atoms with Crippen molar-refractivity contribution < 1.29 is 23.5 Å². The smallest absolute Gasteiger partial charge is 0.272 e. The van der Waals surface area contributed by atoms with Crippen LogP contribution in [0.1, 0.15) is 64.7 Å². The molecule has 202 valence electrons. The zero-order chi connectivity index (χ0) is 26.8. The monoisotopic (exact) mass is 543 g/mol. The summed E-state index contributed by atoms with van der Waals surface area (Å²) in [6.45, 7) is 5.42. The zero-order valence-corrected chi connectivity index (χ0v) is 21.7. The second kappa shape index (κ2) is 11.3. The number of hydrogen-bond donors (Lipinski definition) is 3. The standard InChI is InChI=1S/C27H31F2N5O3S/c1-2-24(36)33-10-3-4-18(9-11-33)34-21-6-5-16(15-30-17-13-19(35)14-17)12-20(21)31-27(34)32-26(37)23-8-7-22(38-23)25(28)29/h2,5-8,12,17-19,25,30,35H,1,3-4,9-11,13-15H2,(H,31,32,37)/t17?,18-,19?/m1/s1. The van der Waals surface area contributed by atoms with Crippen molar-refractivity contribution in [1.82, 2.24) is 19.8 Å². The van der Waals surface area contributed by atoms with Crippen molar-refractivity contribution in [3.05, 3.63) is 58.3 Å². The molecule has 1 aromatic carbocycles. The number of amides is 2. The van der Waals surface area contributed by atoms with E-state index >= 15 is 0 Å². The summed E-state index contributed by atoms with van der Waals surface area (Å²) in [5.74, 6) is -0.225. The number of nitrogens with one attached hydrogen (secondary N) is 2. The van der Waals surface area contributed by atoms with Crippen LogP contribution in [0.15, 0.2) is 43.0 Å². The number of anilines is 1. The van der Waals surface area contributed by atoms with Crippen molar-refractivity contribution in [3.8, 4) is 0 Å². The Morgan fingerprint density at radius 3 is 2.74 bits per heavy atom. The number of aliphatic hydroxyl groups excluding tert-OH is 1. The van der Waals surface area contributed by atoms with Gasteiger partial charge in [-0.2, -0.15) is 0 Å². The number of halogens is 2. The molecule has 5 rings (SSSR count).